The second-order valence-electron chi connectivity index (χ2n) is 3.17. The van der Waals surface area contributed by atoms with E-state index >= 15 is 0 Å². The van der Waals surface area contributed by atoms with Gasteiger partial charge in [-0.1, -0.05) is 19.9 Å². The molecule has 0 aromatic rings. The van der Waals surface area contributed by atoms with Crippen LogP contribution in [-0.4, -0.2) is 26.2 Å². The molecule has 0 aliphatic rings. The van der Waals surface area contributed by atoms with Crippen molar-refractivity contribution in [2.24, 2.45) is 5.73 Å². The highest BCUT2D eigenvalue weighted by atomic mass is 14.9. The molecule has 0 aromatic carbocycles. The fourth-order valence-electron chi connectivity index (χ4n) is 1.07. The summed E-state index contributed by atoms with van der Waals surface area (Å²) in [6.45, 7) is 9.81. The quantitative estimate of drug-likeness (QED) is 0.466. The highest BCUT2D eigenvalue weighted by Crippen LogP contribution is 1.95. The maximum atomic E-state index is 5.36. The average molecular weight is 185 g/mol. The second-order valence-corrected chi connectivity index (χ2v) is 3.17. The smallest absolute Gasteiger partial charge is 0.0269 e. The molecule has 0 unspecified atom stereocenters. The Morgan fingerprint density at radius 2 is 2.08 bits per heavy atom. The van der Waals surface area contributed by atoms with Crippen LogP contribution in [-0.2, 0) is 0 Å². The molecule has 0 aliphatic carbocycles. The first-order chi connectivity index (χ1) is 6.31. The summed E-state index contributed by atoms with van der Waals surface area (Å²) in [6, 6.07) is 0. The zero-order valence-corrected chi connectivity index (χ0v) is 8.73. The van der Waals surface area contributed by atoms with Crippen LogP contribution in [0.15, 0.2) is 12.3 Å². The van der Waals surface area contributed by atoms with E-state index in [1.165, 1.54) is 0 Å². The first-order valence-electron chi connectivity index (χ1n) is 5.13. The Morgan fingerprint density at radius 3 is 2.69 bits per heavy atom. The molecule has 0 saturated carbocycles. The molecular weight excluding hydrogens is 162 g/mol. The van der Waals surface area contributed by atoms with Crippen molar-refractivity contribution in [2.75, 3.05) is 26.2 Å². The van der Waals surface area contributed by atoms with Gasteiger partial charge in [0.2, 0.25) is 0 Å². The van der Waals surface area contributed by atoms with Crippen LogP contribution in [0.2, 0.25) is 0 Å². The van der Waals surface area contributed by atoms with Gasteiger partial charge >= 0.3 is 0 Å². The standard InChI is InChI=1S/C10H23N3/c1-3-5-10(2)13-9-8-12-7-4-6-11/h12-13H,2-9,11H2,1H3. The van der Waals surface area contributed by atoms with E-state index in [0.29, 0.717) is 0 Å². The molecule has 3 nitrogen and oxygen atoms in total. The number of hydrogen-bond acceptors (Lipinski definition) is 3. The Morgan fingerprint density at radius 1 is 1.31 bits per heavy atom. The molecule has 0 atom stereocenters. The number of nitrogens with one attached hydrogen (secondary N) is 2. The summed E-state index contributed by atoms with van der Waals surface area (Å²) in [6.07, 6.45) is 3.28. The van der Waals surface area contributed by atoms with Crippen LogP contribution < -0.4 is 16.4 Å². The van der Waals surface area contributed by atoms with Gasteiger partial charge in [0.05, 0.1) is 0 Å². The third kappa shape index (κ3) is 9.37. The average Bonchev–Trinajstić information content (AvgIpc) is 2.11. The van der Waals surface area contributed by atoms with Crippen LogP contribution >= 0.6 is 0 Å². The van der Waals surface area contributed by atoms with Crippen molar-refractivity contribution in [2.45, 2.75) is 26.2 Å². The van der Waals surface area contributed by atoms with E-state index in [1.807, 2.05) is 0 Å². The SMILES string of the molecule is C=C(CCC)NCCNCCCN. The summed E-state index contributed by atoms with van der Waals surface area (Å²) in [5.41, 5.74) is 6.50. The van der Waals surface area contributed by atoms with E-state index in [1.54, 1.807) is 0 Å². The topological polar surface area (TPSA) is 50.1 Å². The van der Waals surface area contributed by atoms with Crippen LogP contribution in [0.1, 0.15) is 26.2 Å². The molecule has 0 amide bonds. The first-order valence-corrected chi connectivity index (χ1v) is 5.13. The summed E-state index contributed by atoms with van der Waals surface area (Å²) in [5.74, 6) is 0. The fraction of sp³-hybridized carbons (Fsp3) is 0.800. The molecule has 0 aromatic heterocycles. The maximum absolute atomic E-state index is 5.36. The molecule has 78 valence electrons. The lowest BCUT2D eigenvalue weighted by molar-refractivity contribution is 0.621. The van der Waals surface area contributed by atoms with Crippen molar-refractivity contribution in [1.82, 2.24) is 10.6 Å². The molecule has 0 radical (unpaired) electrons. The Hall–Kier alpha value is -0.540. The molecule has 0 bridgehead atoms. The van der Waals surface area contributed by atoms with Gasteiger partial charge < -0.3 is 16.4 Å². The van der Waals surface area contributed by atoms with Crippen molar-refractivity contribution in [1.29, 1.82) is 0 Å². The van der Waals surface area contributed by atoms with Crippen molar-refractivity contribution in [3.63, 3.8) is 0 Å². The van der Waals surface area contributed by atoms with Crippen molar-refractivity contribution < 1.29 is 0 Å². The third-order valence-electron chi connectivity index (χ3n) is 1.79. The zero-order chi connectivity index (χ0) is 9.94. The molecule has 4 N–H and O–H groups in total. The molecule has 0 heterocycles. The summed E-state index contributed by atoms with van der Waals surface area (Å²) < 4.78 is 0. The fourth-order valence-corrected chi connectivity index (χ4v) is 1.07. The Balaban J connectivity index is 3.02. The van der Waals surface area contributed by atoms with E-state index in [2.05, 4.69) is 24.1 Å². The normalized spacial score (nSPS) is 10.0. The highest BCUT2D eigenvalue weighted by Gasteiger charge is 1.90. The lowest BCUT2D eigenvalue weighted by Crippen LogP contribution is -2.28. The van der Waals surface area contributed by atoms with E-state index in [9.17, 15) is 0 Å². The van der Waals surface area contributed by atoms with Crippen LogP contribution in [0.25, 0.3) is 0 Å². The summed E-state index contributed by atoms with van der Waals surface area (Å²) in [5, 5.41) is 6.57. The molecule has 0 spiro atoms. The van der Waals surface area contributed by atoms with E-state index < -0.39 is 0 Å². The van der Waals surface area contributed by atoms with Crippen LogP contribution in [0, 0.1) is 0 Å². The van der Waals surface area contributed by atoms with Crippen molar-refractivity contribution >= 4 is 0 Å². The summed E-state index contributed by atoms with van der Waals surface area (Å²) in [7, 11) is 0. The van der Waals surface area contributed by atoms with Gasteiger partial charge in [-0.3, -0.25) is 0 Å². The predicted octanol–water partition coefficient (Wildman–Crippen LogP) is 0.828. The molecular formula is C10H23N3. The van der Waals surface area contributed by atoms with E-state index in [0.717, 1.165) is 51.1 Å². The zero-order valence-electron chi connectivity index (χ0n) is 8.73. The number of allylic oxidation sites excluding steroid dienone is 1. The van der Waals surface area contributed by atoms with Gasteiger partial charge in [-0.15, -0.1) is 0 Å². The minimum absolute atomic E-state index is 0.767. The molecule has 0 saturated heterocycles. The number of rotatable bonds is 9. The van der Waals surface area contributed by atoms with Gasteiger partial charge in [0.15, 0.2) is 0 Å². The minimum Gasteiger partial charge on any atom is -0.388 e. The lowest BCUT2D eigenvalue weighted by atomic mass is 10.3. The van der Waals surface area contributed by atoms with Crippen LogP contribution in [0.5, 0.6) is 0 Å². The van der Waals surface area contributed by atoms with Gasteiger partial charge in [-0.2, -0.15) is 0 Å². The third-order valence-corrected chi connectivity index (χ3v) is 1.79. The molecule has 0 aliphatic heterocycles. The molecule has 13 heavy (non-hydrogen) atoms. The molecule has 0 rings (SSSR count). The lowest BCUT2D eigenvalue weighted by Gasteiger charge is -2.08. The maximum Gasteiger partial charge on any atom is 0.0269 e. The largest absolute Gasteiger partial charge is 0.388 e. The monoisotopic (exact) mass is 185 g/mol. The Labute approximate surface area is 81.8 Å². The van der Waals surface area contributed by atoms with E-state index in [-0.39, 0.29) is 0 Å². The van der Waals surface area contributed by atoms with Crippen molar-refractivity contribution in [3.8, 4) is 0 Å². The molecule has 3 heteroatoms. The van der Waals surface area contributed by atoms with Gasteiger partial charge in [0.25, 0.3) is 0 Å². The summed E-state index contributed by atoms with van der Waals surface area (Å²) in [4.78, 5) is 0. The Bertz CT molecular complexity index is 123. The van der Waals surface area contributed by atoms with Crippen LogP contribution in [0.3, 0.4) is 0 Å². The highest BCUT2D eigenvalue weighted by molar-refractivity contribution is 4.89. The van der Waals surface area contributed by atoms with Crippen molar-refractivity contribution in [3.05, 3.63) is 12.3 Å². The predicted molar refractivity (Wildman–Crippen MR) is 58.6 cm³/mol. The first kappa shape index (κ1) is 12.5. The number of nitrogens with two attached hydrogens (primary N) is 1. The van der Waals surface area contributed by atoms with Gasteiger partial charge in [0.1, 0.15) is 0 Å². The van der Waals surface area contributed by atoms with Gasteiger partial charge in [-0.25, -0.2) is 0 Å². The van der Waals surface area contributed by atoms with Gasteiger partial charge in [0, 0.05) is 18.8 Å². The minimum atomic E-state index is 0.767. The van der Waals surface area contributed by atoms with Gasteiger partial charge in [-0.05, 0) is 25.9 Å². The Kier molecular flexibility index (Phi) is 9.15. The van der Waals surface area contributed by atoms with Crippen LogP contribution in [0.4, 0.5) is 0 Å². The van der Waals surface area contributed by atoms with E-state index in [4.69, 9.17) is 5.73 Å². The summed E-state index contributed by atoms with van der Waals surface area (Å²) >= 11 is 0. The number of hydrogen-bond donors (Lipinski definition) is 3. The molecule has 0 fully saturated rings. The second kappa shape index (κ2) is 9.55.